The smallest absolute Gasteiger partial charge is 0.490 e. The topological polar surface area (TPSA) is 126 Å². The van der Waals surface area contributed by atoms with E-state index in [2.05, 4.69) is 9.88 Å². The summed E-state index contributed by atoms with van der Waals surface area (Å²) in [4.78, 5) is 15.5. The largest absolute Gasteiger partial charge is 0.508 e. The van der Waals surface area contributed by atoms with Gasteiger partial charge in [0.1, 0.15) is 11.6 Å². The molecule has 1 aliphatic heterocycles. The monoisotopic (exact) mass is 480 g/mol. The Morgan fingerprint density at radius 3 is 2.23 bits per heavy atom. The summed E-state index contributed by atoms with van der Waals surface area (Å²) in [6.07, 6.45) is -1.60. The fourth-order valence-electron chi connectivity index (χ4n) is 3.14. The third-order valence-electron chi connectivity index (χ3n) is 4.81. The molecule has 0 bridgehead atoms. The molecule has 1 atom stereocenters. The van der Waals surface area contributed by atoms with Crippen LogP contribution in [0.15, 0.2) is 30.5 Å². The standard InChI is InChI=1S/C17H20Cl2N4O.C2HF3O2/c18-13-7-12(15(24)8-14(13)19)17(21)10-3-5-23(6-4-10)16-2-1-11(20)9-22-16;3-2(4,5)1(6)7/h1-2,7-10,17,24H,3-6,20-21H2;(H,6,7)/t17-;/m1./s1. The van der Waals surface area contributed by atoms with Crippen molar-refractivity contribution in [3.63, 3.8) is 0 Å². The number of piperidine rings is 1. The minimum atomic E-state index is -5.08. The van der Waals surface area contributed by atoms with E-state index in [0.717, 1.165) is 31.7 Å². The van der Waals surface area contributed by atoms with Crippen LogP contribution in [0.2, 0.25) is 10.0 Å². The Bertz CT molecular complexity index is 906. The summed E-state index contributed by atoms with van der Waals surface area (Å²) < 4.78 is 31.7. The van der Waals surface area contributed by atoms with Crippen LogP contribution in [0.5, 0.6) is 5.75 Å². The molecule has 170 valence electrons. The number of rotatable bonds is 3. The van der Waals surface area contributed by atoms with E-state index in [-0.39, 0.29) is 17.7 Å². The van der Waals surface area contributed by atoms with Crippen LogP contribution in [-0.2, 0) is 4.79 Å². The number of aromatic nitrogens is 1. The van der Waals surface area contributed by atoms with E-state index in [1.807, 2.05) is 12.1 Å². The van der Waals surface area contributed by atoms with Crippen molar-refractivity contribution in [1.29, 1.82) is 0 Å². The Morgan fingerprint density at radius 2 is 1.74 bits per heavy atom. The predicted molar refractivity (Wildman–Crippen MR) is 112 cm³/mol. The van der Waals surface area contributed by atoms with Crippen molar-refractivity contribution in [3.8, 4) is 5.75 Å². The quantitative estimate of drug-likeness (QED) is 0.517. The molecule has 0 aliphatic carbocycles. The van der Waals surface area contributed by atoms with Gasteiger partial charge in [0, 0.05) is 30.8 Å². The van der Waals surface area contributed by atoms with Crippen molar-refractivity contribution in [2.24, 2.45) is 11.7 Å². The number of nitrogens with two attached hydrogens (primary N) is 2. The van der Waals surface area contributed by atoms with Crippen LogP contribution in [0.3, 0.4) is 0 Å². The molecular formula is C19H21Cl2F3N4O3. The molecule has 1 aromatic heterocycles. The summed E-state index contributed by atoms with van der Waals surface area (Å²) >= 11 is 12.0. The van der Waals surface area contributed by atoms with Crippen LogP contribution in [0, 0.1) is 5.92 Å². The summed E-state index contributed by atoms with van der Waals surface area (Å²) in [6.45, 7) is 1.72. The van der Waals surface area contributed by atoms with Gasteiger partial charge in [-0.05, 0) is 37.0 Å². The fraction of sp³-hybridized carbons (Fsp3) is 0.368. The van der Waals surface area contributed by atoms with Crippen molar-refractivity contribution >= 4 is 40.7 Å². The van der Waals surface area contributed by atoms with E-state index < -0.39 is 12.1 Å². The summed E-state index contributed by atoms with van der Waals surface area (Å²) in [6, 6.07) is 6.62. The number of aliphatic carboxylic acids is 1. The van der Waals surface area contributed by atoms with Crippen LogP contribution < -0.4 is 16.4 Å². The Labute approximate surface area is 186 Å². The average molecular weight is 481 g/mol. The molecule has 0 saturated carbocycles. The number of halogens is 5. The minimum absolute atomic E-state index is 0.0968. The number of carboxylic acids is 1. The first-order chi connectivity index (χ1) is 14.4. The Balaban J connectivity index is 0.000000423. The Kier molecular flexibility index (Phi) is 8.21. The van der Waals surface area contributed by atoms with Gasteiger partial charge in [-0.15, -0.1) is 0 Å². The van der Waals surface area contributed by atoms with Gasteiger partial charge in [0.05, 0.1) is 21.9 Å². The van der Waals surface area contributed by atoms with Gasteiger partial charge < -0.3 is 26.6 Å². The van der Waals surface area contributed by atoms with Crippen LogP contribution in [0.1, 0.15) is 24.4 Å². The van der Waals surface area contributed by atoms with E-state index in [0.29, 0.717) is 21.3 Å². The molecule has 0 spiro atoms. The highest BCUT2D eigenvalue weighted by Gasteiger charge is 2.38. The van der Waals surface area contributed by atoms with Gasteiger partial charge in [-0.1, -0.05) is 23.2 Å². The number of anilines is 2. The summed E-state index contributed by atoms with van der Waals surface area (Å²) in [5.41, 5.74) is 13.4. The van der Waals surface area contributed by atoms with Crippen LogP contribution in [0.25, 0.3) is 0 Å². The molecule has 1 fully saturated rings. The number of phenolic OH excluding ortho intramolecular Hbond substituents is 1. The molecule has 3 rings (SSSR count). The lowest BCUT2D eigenvalue weighted by atomic mass is 9.85. The highest BCUT2D eigenvalue weighted by molar-refractivity contribution is 6.42. The molecule has 31 heavy (non-hydrogen) atoms. The normalized spacial score (nSPS) is 15.7. The predicted octanol–water partition coefficient (Wildman–Crippen LogP) is 4.23. The second-order valence-corrected chi connectivity index (χ2v) is 7.74. The number of aromatic hydroxyl groups is 1. The van der Waals surface area contributed by atoms with Crippen LogP contribution in [0.4, 0.5) is 24.7 Å². The van der Waals surface area contributed by atoms with Crippen LogP contribution >= 0.6 is 23.2 Å². The molecule has 1 aliphatic rings. The first-order valence-electron chi connectivity index (χ1n) is 9.10. The molecule has 2 aromatic rings. The fourth-order valence-corrected chi connectivity index (χ4v) is 3.47. The minimum Gasteiger partial charge on any atom is -0.508 e. The van der Waals surface area contributed by atoms with Crippen molar-refractivity contribution in [1.82, 2.24) is 4.98 Å². The van der Waals surface area contributed by atoms with Gasteiger partial charge in [-0.3, -0.25) is 0 Å². The first kappa shape index (κ1) is 24.8. The number of hydrogen-bond donors (Lipinski definition) is 4. The SMILES string of the molecule is Nc1ccc(N2CCC([C@@H](N)c3cc(Cl)c(Cl)cc3O)CC2)nc1.O=C(O)C(F)(F)F. The molecule has 1 aromatic carbocycles. The molecule has 6 N–H and O–H groups in total. The average Bonchev–Trinajstić information content (AvgIpc) is 2.71. The molecular weight excluding hydrogens is 460 g/mol. The van der Waals surface area contributed by atoms with E-state index in [1.165, 1.54) is 6.07 Å². The molecule has 12 heteroatoms. The Morgan fingerprint density at radius 1 is 1.19 bits per heavy atom. The lowest BCUT2D eigenvalue weighted by molar-refractivity contribution is -0.192. The third kappa shape index (κ3) is 6.78. The lowest BCUT2D eigenvalue weighted by Crippen LogP contribution is -2.38. The van der Waals surface area contributed by atoms with Gasteiger partial charge >= 0.3 is 12.1 Å². The van der Waals surface area contributed by atoms with Gasteiger partial charge in [0.25, 0.3) is 0 Å². The molecule has 2 heterocycles. The second kappa shape index (κ2) is 10.3. The van der Waals surface area contributed by atoms with Gasteiger partial charge in [-0.2, -0.15) is 13.2 Å². The van der Waals surface area contributed by atoms with E-state index in [9.17, 15) is 18.3 Å². The number of nitrogen functional groups attached to an aromatic ring is 1. The Hall–Kier alpha value is -2.43. The molecule has 0 radical (unpaired) electrons. The van der Waals surface area contributed by atoms with Gasteiger partial charge in [0.2, 0.25) is 0 Å². The highest BCUT2D eigenvalue weighted by atomic mass is 35.5. The zero-order chi connectivity index (χ0) is 23.3. The lowest BCUT2D eigenvalue weighted by Gasteiger charge is -2.35. The van der Waals surface area contributed by atoms with Crippen molar-refractivity contribution in [2.75, 3.05) is 23.7 Å². The number of benzene rings is 1. The van der Waals surface area contributed by atoms with Gasteiger partial charge in [-0.25, -0.2) is 9.78 Å². The number of nitrogens with zero attached hydrogens (tertiary/aromatic N) is 2. The molecule has 7 nitrogen and oxygen atoms in total. The molecule has 0 unspecified atom stereocenters. The first-order valence-corrected chi connectivity index (χ1v) is 9.85. The number of carbonyl (C=O) groups is 1. The maximum absolute atomic E-state index is 10.6. The van der Waals surface area contributed by atoms with E-state index in [4.69, 9.17) is 44.6 Å². The highest BCUT2D eigenvalue weighted by Crippen LogP contribution is 2.38. The summed E-state index contributed by atoms with van der Waals surface area (Å²) in [7, 11) is 0. The number of phenols is 1. The summed E-state index contributed by atoms with van der Waals surface area (Å²) in [5.74, 6) is -1.47. The number of pyridine rings is 1. The maximum atomic E-state index is 10.6. The third-order valence-corrected chi connectivity index (χ3v) is 5.54. The number of carboxylic acid groups (broad SMARTS) is 1. The molecule has 1 saturated heterocycles. The maximum Gasteiger partial charge on any atom is 0.490 e. The van der Waals surface area contributed by atoms with Crippen molar-refractivity contribution < 1.29 is 28.2 Å². The van der Waals surface area contributed by atoms with E-state index >= 15 is 0 Å². The van der Waals surface area contributed by atoms with Crippen LogP contribution in [-0.4, -0.2) is 40.4 Å². The summed E-state index contributed by atoms with van der Waals surface area (Å²) in [5, 5.41) is 18.0. The second-order valence-electron chi connectivity index (χ2n) is 6.93. The van der Waals surface area contributed by atoms with E-state index in [1.54, 1.807) is 12.3 Å². The number of alkyl halides is 3. The van der Waals surface area contributed by atoms with Crippen molar-refractivity contribution in [3.05, 3.63) is 46.1 Å². The zero-order valence-corrected chi connectivity index (χ0v) is 17.6. The number of hydrogen-bond acceptors (Lipinski definition) is 6. The van der Waals surface area contributed by atoms with Crippen molar-refractivity contribution in [2.45, 2.75) is 25.1 Å². The molecule has 0 amide bonds. The van der Waals surface area contributed by atoms with Gasteiger partial charge in [0.15, 0.2) is 0 Å². The zero-order valence-electron chi connectivity index (χ0n) is 16.1.